The van der Waals surface area contributed by atoms with Crippen molar-refractivity contribution in [3.8, 4) is 0 Å². The van der Waals surface area contributed by atoms with Crippen LogP contribution in [0.3, 0.4) is 0 Å². The molecule has 0 fully saturated rings. The van der Waals surface area contributed by atoms with Crippen LogP contribution in [0.4, 0.5) is 0 Å². The van der Waals surface area contributed by atoms with Crippen LogP contribution in [-0.4, -0.2) is 0 Å². The summed E-state index contributed by atoms with van der Waals surface area (Å²) in [5, 5.41) is 0. The highest BCUT2D eigenvalue weighted by Crippen LogP contribution is 2.00. The molecule has 0 aromatic carbocycles. The van der Waals surface area contributed by atoms with Gasteiger partial charge in [0.1, 0.15) is 0 Å². The average molecular weight is 120 g/mol. The van der Waals surface area contributed by atoms with E-state index in [1.807, 2.05) is 0 Å². The van der Waals surface area contributed by atoms with Crippen molar-refractivity contribution in [3.63, 3.8) is 0 Å². The van der Waals surface area contributed by atoms with Crippen LogP contribution in [0.15, 0.2) is 36.5 Å². The highest BCUT2D eigenvalue weighted by Gasteiger charge is 1.79. The van der Waals surface area contributed by atoms with Crippen LogP contribution in [0.2, 0.25) is 0 Å². The van der Waals surface area contributed by atoms with Gasteiger partial charge in [-0.1, -0.05) is 36.5 Å². The Hall–Kier alpha value is -0.780. The maximum Gasteiger partial charge on any atom is -0.0345 e. The zero-order chi connectivity index (χ0) is 6.36. The largest absolute Gasteiger partial charge is 0.0845 e. The average Bonchev–Trinajstić information content (AvgIpc) is 2.00. The molecule has 1 aliphatic carbocycles. The summed E-state index contributed by atoms with van der Waals surface area (Å²) in [6.45, 7) is 0. The summed E-state index contributed by atoms with van der Waals surface area (Å²) in [6.07, 6.45) is 16.5. The van der Waals surface area contributed by atoms with Gasteiger partial charge in [0.05, 0.1) is 0 Å². The molecule has 0 aliphatic heterocycles. The van der Waals surface area contributed by atoms with Crippen LogP contribution < -0.4 is 0 Å². The Morgan fingerprint density at radius 3 is 1.78 bits per heavy atom. The van der Waals surface area contributed by atoms with Crippen molar-refractivity contribution in [2.24, 2.45) is 0 Å². The summed E-state index contributed by atoms with van der Waals surface area (Å²) in [7, 11) is 0. The van der Waals surface area contributed by atoms with Crippen LogP contribution in [0.25, 0.3) is 0 Å². The normalized spacial score (nSPS) is 25.8. The molecule has 0 amide bonds. The molecule has 0 atom stereocenters. The second kappa shape index (κ2) is 4.13. The quantitative estimate of drug-likeness (QED) is 0.461. The lowest BCUT2D eigenvalue weighted by molar-refractivity contribution is 0.869. The molecule has 48 valence electrons. The first-order chi connectivity index (χ1) is 4.50. The minimum Gasteiger partial charge on any atom is -0.0845 e. The summed E-state index contributed by atoms with van der Waals surface area (Å²) >= 11 is 0. The second-order valence-electron chi connectivity index (χ2n) is 2.17. The first kappa shape index (κ1) is 6.34. The summed E-state index contributed by atoms with van der Waals surface area (Å²) in [4.78, 5) is 0. The predicted molar refractivity (Wildman–Crippen MR) is 41.3 cm³/mol. The van der Waals surface area contributed by atoms with Crippen LogP contribution in [0, 0.1) is 0 Å². The van der Waals surface area contributed by atoms with Gasteiger partial charge in [-0.05, 0) is 19.3 Å². The van der Waals surface area contributed by atoms with Crippen molar-refractivity contribution >= 4 is 0 Å². The Kier molecular flexibility index (Phi) is 2.91. The fourth-order valence-corrected chi connectivity index (χ4v) is 0.831. The summed E-state index contributed by atoms with van der Waals surface area (Å²) < 4.78 is 0. The van der Waals surface area contributed by atoms with Gasteiger partial charge in [-0.25, -0.2) is 0 Å². The molecule has 1 rings (SSSR count). The van der Waals surface area contributed by atoms with Crippen molar-refractivity contribution in [1.29, 1.82) is 0 Å². The first-order valence-electron chi connectivity index (χ1n) is 3.48. The Balaban J connectivity index is 2.45. The number of allylic oxidation sites excluding steroid dienone is 6. The minimum atomic E-state index is 1.22. The van der Waals surface area contributed by atoms with Crippen LogP contribution in [-0.2, 0) is 0 Å². The molecule has 9 heavy (non-hydrogen) atoms. The van der Waals surface area contributed by atoms with Gasteiger partial charge >= 0.3 is 0 Å². The maximum absolute atomic E-state index is 2.21. The van der Waals surface area contributed by atoms with Gasteiger partial charge in [-0.15, -0.1) is 0 Å². The van der Waals surface area contributed by atoms with Crippen molar-refractivity contribution in [2.45, 2.75) is 19.3 Å². The molecule has 0 radical (unpaired) electrons. The molecule has 0 bridgehead atoms. The first-order valence-corrected chi connectivity index (χ1v) is 3.48. The van der Waals surface area contributed by atoms with E-state index in [0.717, 1.165) is 0 Å². The van der Waals surface area contributed by atoms with Crippen LogP contribution in [0.5, 0.6) is 0 Å². The van der Waals surface area contributed by atoms with Crippen molar-refractivity contribution in [2.75, 3.05) is 0 Å². The highest BCUT2D eigenvalue weighted by atomic mass is 13.9. The summed E-state index contributed by atoms with van der Waals surface area (Å²) in [6, 6.07) is 0. The topological polar surface area (TPSA) is 0 Å². The van der Waals surface area contributed by atoms with Gasteiger partial charge in [0.25, 0.3) is 0 Å². The Bertz CT molecular complexity index is 122. The van der Waals surface area contributed by atoms with Gasteiger partial charge in [0, 0.05) is 0 Å². The van der Waals surface area contributed by atoms with E-state index in [4.69, 9.17) is 0 Å². The van der Waals surface area contributed by atoms with Crippen molar-refractivity contribution in [3.05, 3.63) is 36.5 Å². The van der Waals surface area contributed by atoms with Gasteiger partial charge in [0.2, 0.25) is 0 Å². The lowest BCUT2D eigenvalue weighted by Crippen LogP contribution is -1.65. The molecule has 0 heteroatoms. The number of hydrogen-bond acceptors (Lipinski definition) is 0. The fraction of sp³-hybridized carbons (Fsp3) is 0.333. The SMILES string of the molecule is C1=CCCC/C=C\C=C\1. The third-order valence-corrected chi connectivity index (χ3v) is 1.35. The maximum atomic E-state index is 2.21. The van der Waals surface area contributed by atoms with E-state index in [-0.39, 0.29) is 0 Å². The van der Waals surface area contributed by atoms with Crippen molar-refractivity contribution < 1.29 is 0 Å². The van der Waals surface area contributed by atoms with E-state index < -0.39 is 0 Å². The predicted octanol–water partition coefficient (Wildman–Crippen LogP) is 2.84. The van der Waals surface area contributed by atoms with Crippen molar-refractivity contribution in [1.82, 2.24) is 0 Å². The standard InChI is InChI=1S/C9H12/c1-2-4-6-8-9-7-5-3-1/h1-6H,7-9H2/b2-1+,5-3-,6-4?. The van der Waals surface area contributed by atoms with E-state index in [1.54, 1.807) is 0 Å². The van der Waals surface area contributed by atoms with Crippen LogP contribution in [0.1, 0.15) is 19.3 Å². The summed E-state index contributed by atoms with van der Waals surface area (Å²) in [5.41, 5.74) is 0. The van der Waals surface area contributed by atoms with E-state index in [1.165, 1.54) is 19.3 Å². The van der Waals surface area contributed by atoms with Gasteiger partial charge < -0.3 is 0 Å². The van der Waals surface area contributed by atoms with Gasteiger partial charge in [0.15, 0.2) is 0 Å². The van der Waals surface area contributed by atoms with E-state index in [0.29, 0.717) is 0 Å². The fourth-order valence-electron chi connectivity index (χ4n) is 0.831. The summed E-state index contributed by atoms with van der Waals surface area (Å²) in [5.74, 6) is 0. The molecule has 0 unspecified atom stereocenters. The van der Waals surface area contributed by atoms with E-state index in [2.05, 4.69) is 36.5 Å². The Morgan fingerprint density at radius 1 is 0.667 bits per heavy atom. The zero-order valence-electron chi connectivity index (χ0n) is 5.59. The number of hydrogen-bond donors (Lipinski definition) is 0. The lowest BCUT2D eigenvalue weighted by atomic mass is 10.2. The second-order valence-corrected chi connectivity index (χ2v) is 2.17. The lowest BCUT2D eigenvalue weighted by Gasteiger charge is -1.85. The van der Waals surface area contributed by atoms with Gasteiger partial charge in [-0.2, -0.15) is 0 Å². The molecule has 0 aromatic heterocycles. The van der Waals surface area contributed by atoms with Gasteiger partial charge in [-0.3, -0.25) is 0 Å². The molecule has 0 heterocycles. The smallest absolute Gasteiger partial charge is 0.0345 e. The Morgan fingerprint density at radius 2 is 1.22 bits per heavy atom. The molecule has 0 saturated carbocycles. The molecule has 0 N–H and O–H groups in total. The third-order valence-electron chi connectivity index (χ3n) is 1.35. The number of rotatable bonds is 0. The molecule has 0 saturated heterocycles. The van der Waals surface area contributed by atoms with Crippen LogP contribution >= 0.6 is 0 Å². The molecular weight excluding hydrogens is 108 g/mol. The molecule has 1 aliphatic rings. The third kappa shape index (κ3) is 2.91. The highest BCUT2D eigenvalue weighted by molar-refractivity contribution is 5.12. The molecule has 0 nitrogen and oxygen atoms in total. The molecule has 0 spiro atoms. The minimum absolute atomic E-state index is 1.22. The molecule has 0 aromatic rings. The van der Waals surface area contributed by atoms with E-state index >= 15 is 0 Å². The zero-order valence-corrected chi connectivity index (χ0v) is 5.59. The molecular formula is C9H12. The Labute approximate surface area is 56.6 Å². The van der Waals surface area contributed by atoms with E-state index in [9.17, 15) is 0 Å². The monoisotopic (exact) mass is 120 g/mol.